The number of nitrogens with two attached hydrogens (primary N) is 2. The molecule has 0 spiro atoms. The number of hydrogen-bond acceptors (Lipinski definition) is 17. The Bertz CT molecular complexity index is 3640. The number of fused-ring (bicyclic) bond motifs is 4. The van der Waals surface area contributed by atoms with E-state index >= 15 is 0 Å². The van der Waals surface area contributed by atoms with Crippen LogP contribution in [0.25, 0.3) is 66.8 Å². The molecule has 4 aromatic carbocycles. The van der Waals surface area contributed by atoms with E-state index in [0.717, 1.165) is 134 Å². The normalized spacial score (nSPS) is 14.6. The molecule has 372 valence electrons. The van der Waals surface area contributed by atoms with E-state index in [9.17, 15) is 4.79 Å². The number of nitrogen functional groups attached to an aromatic ring is 2. The summed E-state index contributed by atoms with van der Waals surface area (Å²) in [6, 6.07) is 25.4. The monoisotopic (exact) mass is 979 g/mol. The first kappa shape index (κ1) is 46.9. The van der Waals surface area contributed by atoms with Crippen LogP contribution in [0.4, 0.5) is 35.0 Å². The van der Waals surface area contributed by atoms with Crippen LogP contribution in [-0.2, 0) is 4.79 Å². The molecule has 20 nitrogen and oxygen atoms in total. The van der Waals surface area contributed by atoms with Gasteiger partial charge in [0.25, 0.3) is 12.0 Å². The molecule has 2 aliphatic heterocycles. The smallest absolute Gasteiger partial charge is 0.300 e. The molecule has 0 atom stereocenters. The van der Waals surface area contributed by atoms with Crippen LogP contribution in [0.3, 0.4) is 0 Å². The van der Waals surface area contributed by atoms with Gasteiger partial charge in [-0.05, 0) is 132 Å². The number of anilines is 6. The SMILES string of the molecule is CNCC(=O)N1CCC(n2nc(-c3ccc(Nc4nc5cc(C)cc(C)c5o4)cc3)c3c(N)ncnc32)CC1.Cc1cc(C)c2oc(Nc3ccc(-c4nn(C5CCNCC5)c5ncnc(N)c45)cc3)nc2c1. The van der Waals surface area contributed by atoms with E-state index in [2.05, 4.69) is 70.2 Å². The van der Waals surface area contributed by atoms with Crippen molar-refractivity contribution in [2.45, 2.75) is 65.5 Å². The predicted octanol–water partition coefficient (Wildman–Crippen LogP) is 8.46. The number of carbonyl (C=O) groups excluding carboxylic acids is 1. The van der Waals surface area contributed by atoms with Gasteiger partial charge in [-0.1, -0.05) is 36.4 Å². The number of rotatable bonds is 10. The summed E-state index contributed by atoms with van der Waals surface area (Å²) in [4.78, 5) is 40.9. The van der Waals surface area contributed by atoms with Gasteiger partial charge in [0.2, 0.25) is 5.91 Å². The van der Waals surface area contributed by atoms with Gasteiger partial charge < -0.3 is 46.5 Å². The molecule has 2 aliphatic rings. The van der Waals surface area contributed by atoms with Crippen LogP contribution in [0.15, 0.2) is 94.3 Å². The molecule has 0 unspecified atom stereocenters. The van der Waals surface area contributed by atoms with Crippen LogP contribution >= 0.6 is 0 Å². The van der Waals surface area contributed by atoms with Gasteiger partial charge in [0.15, 0.2) is 22.5 Å². The van der Waals surface area contributed by atoms with Crippen LogP contribution in [0.1, 0.15) is 60.0 Å². The number of nitrogens with one attached hydrogen (secondary N) is 4. The molecular weight excluding hydrogens is 923 g/mol. The summed E-state index contributed by atoms with van der Waals surface area (Å²) >= 11 is 0. The van der Waals surface area contributed by atoms with E-state index in [0.29, 0.717) is 55.0 Å². The van der Waals surface area contributed by atoms with Crippen molar-refractivity contribution in [2.24, 2.45) is 0 Å². The van der Waals surface area contributed by atoms with Crippen molar-refractivity contribution in [3.05, 3.63) is 108 Å². The number of hydrogen-bond donors (Lipinski definition) is 6. The van der Waals surface area contributed by atoms with E-state index in [1.807, 2.05) is 95.7 Å². The minimum atomic E-state index is 0.112. The molecule has 8 N–H and O–H groups in total. The van der Waals surface area contributed by atoms with Gasteiger partial charge in [-0.2, -0.15) is 20.2 Å². The lowest BCUT2D eigenvalue weighted by Crippen LogP contribution is -2.42. The number of piperidine rings is 2. The zero-order valence-corrected chi connectivity index (χ0v) is 41.4. The molecule has 73 heavy (non-hydrogen) atoms. The zero-order valence-electron chi connectivity index (χ0n) is 41.4. The number of amides is 1. The van der Waals surface area contributed by atoms with E-state index in [1.54, 1.807) is 7.05 Å². The second kappa shape index (κ2) is 19.6. The van der Waals surface area contributed by atoms with Gasteiger partial charge >= 0.3 is 0 Å². The summed E-state index contributed by atoms with van der Waals surface area (Å²) in [7, 11) is 1.78. The highest BCUT2D eigenvalue weighted by Gasteiger charge is 2.28. The van der Waals surface area contributed by atoms with Crippen molar-refractivity contribution >= 4 is 85.2 Å². The third kappa shape index (κ3) is 9.33. The second-order valence-electron chi connectivity index (χ2n) is 18.9. The van der Waals surface area contributed by atoms with Crippen molar-refractivity contribution in [1.82, 2.24) is 65.0 Å². The standard InChI is InChI=1S/C28H31N9O2.C25H26N8O/c1-16-12-17(2)25-21(13-16)34-28(39-25)33-19-6-4-18(5-7-19)24-23-26(29)31-15-32-27(23)37(35-24)20-8-10-36(11-9-20)22(38)14-30-3;1-14-11-15(2)22-19(12-14)31-25(34-22)30-17-5-3-16(4-6-17)21-20-23(26)28-13-29-24(20)33(32-21)18-7-9-27-10-8-18/h4-7,12-13,15,20,30H,8-11,14H2,1-3H3,(H,33,34)(H2,29,31,32);3-6,11-13,18,27H,7-10H2,1-2H3,(H,30,31)(H2,26,28,29). The molecule has 0 saturated carbocycles. The summed E-state index contributed by atoms with van der Waals surface area (Å²) in [6.45, 7) is 11.8. The van der Waals surface area contributed by atoms with Crippen LogP contribution in [0, 0.1) is 27.7 Å². The Balaban J connectivity index is 0.000000159. The maximum atomic E-state index is 12.3. The first-order valence-corrected chi connectivity index (χ1v) is 24.6. The molecular formula is C53H57N17O3. The van der Waals surface area contributed by atoms with Gasteiger partial charge in [-0.25, -0.2) is 29.3 Å². The molecule has 2 saturated heterocycles. The van der Waals surface area contributed by atoms with Crippen molar-refractivity contribution < 1.29 is 13.6 Å². The molecule has 2 fully saturated rings. The average Bonchev–Trinajstić information content (AvgIpc) is 4.19. The quantitative estimate of drug-likeness (QED) is 0.0751. The highest BCUT2D eigenvalue weighted by atomic mass is 16.4. The zero-order chi connectivity index (χ0) is 50.3. The maximum Gasteiger partial charge on any atom is 0.300 e. The lowest BCUT2D eigenvalue weighted by molar-refractivity contribution is -0.131. The lowest BCUT2D eigenvalue weighted by atomic mass is 10.1. The molecule has 0 bridgehead atoms. The summed E-state index contributed by atoms with van der Waals surface area (Å²) in [5, 5.41) is 24.3. The van der Waals surface area contributed by atoms with Crippen LogP contribution in [0.5, 0.6) is 0 Å². The van der Waals surface area contributed by atoms with Gasteiger partial charge in [0.05, 0.1) is 29.4 Å². The average molecular weight is 980 g/mol. The largest absolute Gasteiger partial charge is 0.423 e. The number of likely N-dealkylation sites (tertiary alicyclic amines) is 1. The summed E-state index contributed by atoms with van der Waals surface area (Å²) in [5.74, 6) is 0.951. The van der Waals surface area contributed by atoms with Crippen molar-refractivity contribution in [3.8, 4) is 22.5 Å². The first-order chi connectivity index (χ1) is 35.5. The number of carbonyl (C=O) groups is 1. The number of aryl methyl sites for hydroxylation is 4. The molecule has 0 radical (unpaired) electrons. The molecule has 6 aromatic heterocycles. The number of benzene rings is 4. The Kier molecular flexibility index (Phi) is 12.6. The topological polar surface area (TPSA) is 260 Å². The fourth-order valence-electron chi connectivity index (χ4n) is 10.1. The van der Waals surface area contributed by atoms with Gasteiger partial charge in [-0.15, -0.1) is 0 Å². The van der Waals surface area contributed by atoms with Crippen molar-refractivity contribution in [2.75, 3.05) is 61.9 Å². The van der Waals surface area contributed by atoms with E-state index in [-0.39, 0.29) is 11.9 Å². The minimum absolute atomic E-state index is 0.112. The second-order valence-corrected chi connectivity index (χ2v) is 18.9. The number of aromatic nitrogens is 10. The Morgan fingerprint density at radius 1 is 0.644 bits per heavy atom. The molecule has 8 heterocycles. The molecule has 0 aliphatic carbocycles. The van der Waals surface area contributed by atoms with Crippen LogP contribution < -0.4 is 32.7 Å². The lowest BCUT2D eigenvalue weighted by Gasteiger charge is -2.32. The fraction of sp³-hybridized carbons (Fsp3) is 0.302. The van der Waals surface area contributed by atoms with Gasteiger partial charge in [0.1, 0.15) is 46.7 Å². The number of likely N-dealkylation sites (N-methyl/N-ethyl adjacent to an activating group) is 1. The Morgan fingerprint density at radius 2 is 1.10 bits per heavy atom. The van der Waals surface area contributed by atoms with E-state index in [1.165, 1.54) is 12.7 Å². The Hall–Kier alpha value is -8.49. The minimum Gasteiger partial charge on any atom is -0.423 e. The predicted molar refractivity (Wildman–Crippen MR) is 284 cm³/mol. The van der Waals surface area contributed by atoms with Crippen LogP contribution in [0.2, 0.25) is 0 Å². The summed E-state index contributed by atoms with van der Waals surface area (Å²) < 4.78 is 15.9. The Labute approximate surface area is 420 Å². The van der Waals surface area contributed by atoms with Crippen LogP contribution in [-0.4, -0.2) is 100 Å². The Morgan fingerprint density at radius 3 is 1.55 bits per heavy atom. The third-order valence-corrected chi connectivity index (χ3v) is 13.6. The maximum absolute atomic E-state index is 12.3. The van der Waals surface area contributed by atoms with Crippen molar-refractivity contribution in [3.63, 3.8) is 0 Å². The molecule has 12 rings (SSSR count). The third-order valence-electron chi connectivity index (χ3n) is 13.6. The number of nitrogens with zero attached hydrogens (tertiary/aromatic N) is 11. The highest BCUT2D eigenvalue weighted by molar-refractivity contribution is 5.99. The summed E-state index contributed by atoms with van der Waals surface area (Å²) in [6.07, 6.45) is 6.59. The molecule has 10 aromatic rings. The summed E-state index contributed by atoms with van der Waals surface area (Å²) in [5.41, 5.74) is 26.9. The first-order valence-electron chi connectivity index (χ1n) is 24.6. The van der Waals surface area contributed by atoms with Gasteiger partial charge in [-0.3, -0.25) is 4.79 Å². The van der Waals surface area contributed by atoms with E-state index < -0.39 is 0 Å². The molecule has 20 heteroatoms. The number of oxazole rings is 2. The fourth-order valence-corrected chi connectivity index (χ4v) is 10.1. The molecule has 1 amide bonds. The van der Waals surface area contributed by atoms with Crippen molar-refractivity contribution in [1.29, 1.82) is 0 Å². The van der Waals surface area contributed by atoms with E-state index in [4.69, 9.17) is 30.5 Å². The van der Waals surface area contributed by atoms with Gasteiger partial charge in [0, 0.05) is 35.6 Å². The highest BCUT2D eigenvalue weighted by Crippen LogP contribution is 2.37.